The molecular formula is C24H31FN2O5. The molecule has 0 aromatic heterocycles. The number of carbonyl (C=O) groups excluding carboxylic acids is 1. The van der Waals surface area contributed by atoms with Crippen molar-refractivity contribution in [3.63, 3.8) is 0 Å². The van der Waals surface area contributed by atoms with Crippen LogP contribution >= 0.6 is 0 Å². The number of benzene rings is 2. The number of aliphatic hydroxyl groups excluding tert-OH is 1. The molecule has 0 bridgehead atoms. The van der Waals surface area contributed by atoms with Gasteiger partial charge in [0.05, 0.1) is 19.3 Å². The highest BCUT2D eigenvalue weighted by atomic mass is 19.1. The van der Waals surface area contributed by atoms with Gasteiger partial charge in [0.15, 0.2) is 0 Å². The number of hydrogen-bond acceptors (Lipinski definition) is 6. The molecule has 2 aromatic rings. The molecule has 8 heteroatoms. The molecule has 0 radical (unpaired) electrons. The molecule has 3 rings (SSSR count). The SMILES string of the molecule is COCCN(C[C@@H]1CN(C[C@@H](O)COc2ccccc2)CCO1)C(=O)c1ccc(F)cc1. The normalized spacial score (nSPS) is 17.7. The van der Waals surface area contributed by atoms with Crippen molar-refractivity contribution >= 4 is 5.91 Å². The first-order chi connectivity index (χ1) is 15.5. The first kappa shape index (κ1) is 24.1. The second kappa shape index (κ2) is 12.5. The first-order valence-electron chi connectivity index (χ1n) is 10.8. The molecule has 2 atom stereocenters. The van der Waals surface area contributed by atoms with E-state index >= 15 is 0 Å². The fourth-order valence-electron chi connectivity index (χ4n) is 3.61. The Morgan fingerprint density at radius 3 is 2.72 bits per heavy atom. The maximum Gasteiger partial charge on any atom is 0.254 e. The zero-order chi connectivity index (χ0) is 22.8. The number of halogens is 1. The molecule has 1 amide bonds. The molecule has 32 heavy (non-hydrogen) atoms. The summed E-state index contributed by atoms with van der Waals surface area (Å²) in [5.41, 5.74) is 0.420. The number of morpholine rings is 1. The summed E-state index contributed by atoms with van der Waals surface area (Å²) >= 11 is 0. The van der Waals surface area contributed by atoms with Gasteiger partial charge in [-0.15, -0.1) is 0 Å². The molecule has 2 aromatic carbocycles. The average molecular weight is 447 g/mol. The number of methoxy groups -OCH3 is 1. The molecule has 1 saturated heterocycles. The van der Waals surface area contributed by atoms with Gasteiger partial charge < -0.3 is 24.2 Å². The number of amides is 1. The van der Waals surface area contributed by atoms with Gasteiger partial charge in [-0.1, -0.05) is 18.2 Å². The van der Waals surface area contributed by atoms with Crippen molar-refractivity contribution in [1.29, 1.82) is 0 Å². The second-order valence-corrected chi connectivity index (χ2v) is 7.78. The summed E-state index contributed by atoms with van der Waals surface area (Å²) in [7, 11) is 1.58. The number of carbonyl (C=O) groups is 1. The summed E-state index contributed by atoms with van der Waals surface area (Å²) in [5, 5.41) is 10.4. The standard InChI is InChI=1S/C24H31FN2O5/c1-30-13-12-27(24(29)19-7-9-20(25)10-8-19)17-23-16-26(11-14-31-23)15-21(28)18-32-22-5-3-2-4-6-22/h2-10,21,23,28H,11-18H2,1H3/t21-,23+/m1/s1. The molecule has 174 valence electrons. The lowest BCUT2D eigenvalue weighted by molar-refractivity contribution is -0.0546. The van der Waals surface area contributed by atoms with E-state index in [2.05, 4.69) is 4.90 Å². The van der Waals surface area contributed by atoms with Crippen LogP contribution in [-0.2, 0) is 9.47 Å². The predicted molar refractivity (Wildman–Crippen MR) is 118 cm³/mol. The Balaban J connectivity index is 1.52. The van der Waals surface area contributed by atoms with E-state index in [1.807, 2.05) is 30.3 Å². The van der Waals surface area contributed by atoms with E-state index < -0.39 is 6.10 Å². The van der Waals surface area contributed by atoms with Gasteiger partial charge in [-0.3, -0.25) is 9.69 Å². The van der Waals surface area contributed by atoms with Crippen LogP contribution in [0.25, 0.3) is 0 Å². The molecule has 0 spiro atoms. The fourth-order valence-corrected chi connectivity index (χ4v) is 3.61. The molecular weight excluding hydrogens is 415 g/mol. The van der Waals surface area contributed by atoms with Crippen molar-refractivity contribution in [2.24, 2.45) is 0 Å². The summed E-state index contributed by atoms with van der Waals surface area (Å²) in [4.78, 5) is 16.7. The van der Waals surface area contributed by atoms with Gasteiger partial charge in [-0.05, 0) is 36.4 Å². The van der Waals surface area contributed by atoms with E-state index in [1.165, 1.54) is 24.3 Å². The van der Waals surface area contributed by atoms with E-state index in [0.717, 1.165) is 5.75 Å². The Morgan fingerprint density at radius 2 is 2.00 bits per heavy atom. The summed E-state index contributed by atoms with van der Waals surface area (Å²) in [6, 6.07) is 14.9. The third kappa shape index (κ3) is 7.56. The number of hydrogen-bond donors (Lipinski definition) is 1. The molecule has 1 aliphatic heterocycles. The van der Waals surface area contributed by atoms with E-state index in [-0.39, 0.29) is 24.4 Å². The summed E-state index contributed by atoms with van der Waals surface area (Å²) < 4.78 is 29.9. The molecule has 1 N–H and O–H groups in total. The van der Waals surface area contributed by atoms with Crippen molar-refractivity contribution in [2.75, 3.05) is 59.7 Å². The zero-order valence-electron chi connectivity index (χ0n) is 18.4. The Kier molecular flexibility index (Phi) is 9.43. The van der Waals surface area contributed by atoms with Gasteiger partial charge in [-0.2, -0.15) is 0 Å². The Bertz CT molecular complexity index is 821. The quantitative estimate of drug-likeness (QED) is 0.570. The molecule has 0 aliphatic carbocycles. The Morgan fingerprint density at radius 1 is 1.25 bits per heavy atom. The molecule has 1 aliphatic rings. The highest BCUT2D eigenvalue weighted by Crippen LogP contribution is 2.13. The maximum absolute atomic E-state index is 13.2. The van der Waals surface area contributed by atoms with Crippen molar-refractivity contribution in [3.05, 3.63) is 66.0 Å². The van der Waals surface area contributed by atoms with Crippen LogP contribution in [0.3, 0.4) is 0 Å². The van der Waals surface area contributed by atoms with Gasteiger partial charge in [0.1, 0.15) is 24.3 Å². The van der Waals surface area contributed by atoms with Crippen LogP contribution in [0.4, 0.5) is 4.39 Å². The van der Waals surface area contributed by atoms with Crippen LogP contribution in [0.2, 0.25) is 0 Å². The van der Waals surface area contributed by atoms with Crippen LogP contribution in [0.1, 0.15) is 10.4 Å². The number of rotatable bonds is 11. The monoisotopic (exact) mass is 446 g/mol. The molecule has 1 fully saturated rings. The molecule has 1 heterocycles. The van der Waals surface area contributed by atoms with Crippen LogP contribution in [-0.4, -0.2) is 92.7 Å². The van der Waals surface area contributed by atoms with Crippen molar-refractivity contribution in [3.8, 4) is 5.75 Å². The Hall–Kier alpha value is -2.52. The van der Waals surface area contributed by atoms with E-state index in [0.29, 0.717) is 51.5 Å². The maximum atomic E-state index is 13.2. The lowest BCUT2D eigenvalue weighted by atomic mass is 10.1. The molecule has 0 saturated carbocycles. The average Bonchev–Trinajstić information content (AvgIpc) is 2.81. The van der Waals surface area contributed by atoms with Crippen molar-refractivity contribution in [1.82, 2.24) is 9.80 Å². The third-order valence-electron chi connectivity index (χ3n) is 5.25. The summed E-state index contributed by atoms with van der Waals surface area (Å²) in [5.74, 6) is 0.143. The molecule has 7 nitrogen and oxygen atoms in total. The number of aliphatic hydroxyl groups is 1. The van der Waals surface area contributed by atoms with Gasteiger partial charge in [-0.25, -0.2) is 4.39 Å². The Labute approximate surface area is 188 Å². The third-order valence-corrected chi connectivity index (χ3v) is 5.25. The van der Waals surface area contributed by atoms with Crippen LogP contribution in [0.15, 0.2) is 54.6 Å². The smallest absolute Gasteiger partial charge is 0.254 e. The highest BCUT2D eigenvalue weighted by Gasteiger charge is 2.26. The van der Waals surface area contributed by atoms with Crippen molar-refractivity contribution < 1.29 is 28.5 Å². The number of para-hydroxylation sites is 1. The topological polar surface area (TPSA) is 71.5 Å². The zero-order valence-corrected chi connectivity index (χ0v) is 18.4. The number of β-amino-alcohol motifs (C(OH)–C–C–N with tert-alkyl or cyclic N) is 1. The lowest BCUT2D eigenvalue weighted by Gasteiger charge is -2.36. The van der Waals surface area contributed by atoms with Gasteiger partial charge >= 0.3 is 0 Å². The molecule has 0 unspecified atom stereocenters. The minimum Gasteiger partial charge on any atom is -0.491 e. The number of nitrogens with zero attached hydrogens (tertiary/aromatic N) is 2. The largest absolute Gasteiger partial charge is 0.491 e. The second-order valence-electron chi connectivity index (χ2n) is 7.78. The van der Waals surface area contributed by atoms with E-state index in [1.54, 1.807) is 12.0 Å². The van der Waals surface area contributed by atoms with Gasteiger partial charge in [0.25, 0.3) is 5.91 Å². The van der Waals surface area contributed by atoms with Crippen LogP contribution in [0, 0.1) is 5.82 Å². The van der Waals surface area contributed by atoms with E-state index in [4.69, 9.17) is 14.2 Å². The van der Waals surface area contributed by atoms with Gasteiger partial charge in [0, 0.05) is 45.4 Å². The minimum atomic E-state index is -0.639. The predicted octanol–water partition coefficient (Wildman–Crippen LogP) is 2.06. The van der Waals surface area contributed by atoms with Crippen LogP contribution in [0.5, 0.6) is 5.75 Å². The minimum absolute atomic E-state index is 0.195. The van der Waals surface area contributed by atoms with E-state index in [9.17, 15) is 14.3 Å². The summed E-state index contributed by atoms with van der Waals surface area (Å²) in [6.45, 7) is 3.63. The fraction of sp³-hybridized carbons (Fsp3) is 0.458. The summed E-state index contributed by atoms with van der Waals surface area (Å²) in [6.07, 6.45) is -0.841. The lowest BCUT2D eigenvalue weighted by Crippen LogP contribution is -2.51. The number of ether oxygens (including phenoxy) is 3. The first-order valence-corrected chi connectivity index (χ1v) is 10.8. The van der Waals surface area contributed by atoms with Crippen molar-refractivity contribution in [2.45, 2.75) is 12.2 Å². The van der Waals surface area contributed by atoms with Crippen LogP contribution < -0.4 is 4.74 Å². The van der Waals surface area contributed by atoms with Gasteiger partial charge in [0.2, 0.25) is 0 Å². The highest BCUT2D eigenvalue weighted by molar-refractivity contribution is 5.94.